The fraction of sp³-hybridized carbons (Fsp3) is 0.700. The van der Waals surface area contributed by atoms with Crippen LogP contribution in [0.5, 0.6) is 0 Å². The van der Waals surface area contributed by atoms with Gasteiger partial charge in [0.25, 0.3) is 11.4 Å². The standard InChI is InChI=1S/C10H17F2N5OS/c1-5(2)13-8-15-10(19-7(11)12)16-9(17(8)18)14-6(3)4/h5-7,18H,1-4H3,(H,13,14,15,16). The molecule has 0 aliphatic carbocycles. The molecule has 6 nitrogen and oxygen atoms in total. The van der Waals surface area contributed by atoms with Gasteiger partial charge in [-0.3, -0.25) is 0 Å². The van der Waals surface area contributed by atoms with Crippen LogP contribution in [0.1, 0.15) is 27.7 Å². The molecule has 0 radical (unpaired) electrons. The van der Waals surface area contributed by atoms with E-state index in [0.29, 0.717) is 4.73 Å². The van der Waals surface area contributed by atoms with Crippen LogP contribution < -0.4 is 10.9 Å². The van der Waals surface area contributed by atoms with Gasteiger partial charge in [0.2, 0.25) is 5.95 Å². The smallest absolute Gasteiger partial charge is 0.291 e. The third kappa shape index (κ3) is 5.01. The Bertz CT molecular complexity index is 489. The minimum atomic E-state index is -2.63. The second kappa shape index (κ2) is 6.69. The Kier molecular flexibility index (Phi) is 5.52. The summed E-state index contributed by atoms with van der Waals surface area (Å²) in [4.78, 5) is 11.7. The van der Waals surface area contributed by atoms with Crippen molar-refractivity contribution in [2.24, 2.45) is 4.99 Å². The molecule has 0 bridgehead atoms. The predicted octanol–water partition coefficient (Wildman–Crippen LogP) is 1.96. The van der Waals surface area contributed by atoms with Crippen molar-refractivity contribution >= 4 is 17.7 Å². The topological polar surface area (TPSA) is 75.3 Å². The summed E-state index contributed by atoms with van der Waals surface area (Å²) in [7, 11) is 0. The van der Waals surface area contributed by atoms with Gasteiger partial charge < -0.3 is 10.5 Å². The number of aromatic nitrogens is 3. The molecule has 0 saturated carbocycles. The predicted molar refractivity (Wildman–Crippen MR) is 68.5 cm³/mol. The molecule has 108 valence electrons. The van der Waals surface area contributed by atoms with Crippen molar-refractivity contribution in [2.45, 2.75) is 50.7 Å². The second-order valence-corrected chi connectivity index (χ2v) is 5.30. The van der Waals surface area contributed by atoms with Crippen LogP contribution in [0.2, 0.25) is 0 Å². The van der Waals surface area contributed by atoms with E-state index in [0.717, 1.165) is 0 Å². The number of hydrogen-bond donors (Lipinski definition) is 2. The molecule has 0 aromatic carbocycles. The maximum Gasteiger partial charge on any atom is 0.291 e. The lowest BCUT2D eigenvalue weighted by molar-refractivity contribution is 0.165. The molecular weight excluding hydrogens is 276 g/mol. The fourth-order valence-corrected chi connectivity index (χ4v) is 1.62. The lowest BCUT2D eigenvalue weighted by Gasteiger charge is -2.13. The second-order valence-electron chi connectivity index (χ2n) is 4.34. The van der Waals surface area contributed by atoms with Crippen molar-refractivity contribution in [3.8, 4) is 0 Å². The van der Waals surface area contributed by atoms with Crippen LogP contribution in [0.15, 0.2) is 10.1 Å². The van der Waals surface area contributed by atoms with E-state index < -0.39 is 5.76 Å². The van der Waals surface area contributed by atoms with Gasteiger partial charge in [-0.2, -0.15) is 18.7 Å². The van der Waals surface area contributed by atoms with Crippen LogP contribution in [0, 0.1) is 0 Å². The van der Waals surface area contributed by atoms with Gasteiger partial charge in [-0.15, -0.1) is 4.73 Å². The monoisotopic (exact) mass is 293 g/mol. The molecule has 0 aliphatic rings. The molecule has 9 heteroatoms. The average Bonchev–Trinajstić information content (AvgIpc) is 2.22. The van der Waals surface area contributed by atoms with Crippen molar-refractivity contribution < 1.29 is 14.0 Å². The number of anilines is 1. The van der Waals surface area contributed by atoms with Crippen molar-refractivity contribution in [1.82, 2.24) is 14.7 Å². The first-order chi connectivity index (χ1) is 8.79. The van der Waals surface area contributed by atoms with Crippen molar-refractivity contribution in [3.63, 3.8) is 0 Å². The van der Waals surface area contributed by atoms with Crippen LogP contribution in [0.25, 0.3) is 0 Å². The Morgan fingerprint density at radius 1 is 1.26 bits per heavy atom. The average molecular weight is 293 g/mol. The summed E-state index contributed by atoms with van der Waals surface area (Å²) in [6, 6.07) is -0.158. The molecular formula is C10H17F2N5OS. The highest BCUT2D eigenvalue weighted by molar-refractivity contribution is 7.99. The zero-order valence-corrected chi connectivity index (χ0v) is 11.9. The minimum Gasteiger partial charge on any atom is -0.422 e. The number of thioether (sulfide) groups is 1. The molecule has 0 aliphatic heterocycles. The molecule has 1 heterocycles. The third-order valence-electron chi connectivity index (χ3n) is 1.77. The van der Waals surface area contributed by atoms with Gasteiger partial charge in [0.1, 0.15) is 0 Å². The molecule has 1 aromatic rings. The number of rotatable bonds is 5. The van der Waals surface area contributed by atoms with Gasteiger partial charge in [-0.1, -0.05) is 0 Å². The Morgan fingerprint density at radius 3 is 2.37 bits per heavy atom. The molecule has 0 fully saturated rings. The van der Waals surface area contributed by atoms with Crippen LogP contribution in [0.4, 0.5) is 14.7 Å². The summed E-state index contributed by atoms with van der Waals surface area (Å²) in [6.45, 7) is 7.25. The van der Waals surface area contributed by atoms with Crippen molar-refractivity contribution in [3.05, 3.63) is 5.62 Å². The van der Waals surface area contributed by atoms with Gasteiger partial charge in [-0.05, 0) is 39.5 Å². The normalized spacial score (nSPS) is 12.8. The molecule has 0 amide bonds. The van der Waals surface area contributed by atoms with Crippen LogP contribution >= 0.6 is 11.8 Å². The number of halogens is 2. The van der Waals surface area contributed by atoms with E-state index >= 15 is 0 Å². The number of nitrogens with zero attached hydrogens (tertiary/aromatic N) is 4. The zero-order chi connectivity index (χ0) is 14.6. The lowest BCUT2D eigenvalue weighted by atomic mass is 10.4. The summed E-state index contributed by atoms with van der Waals surface area (Å²) in [5.41, 5.74) is -0.0590. The molecule has 0 unspecified atom stereocenters. The van der Waals surface area contributed by atoms with Crippen LogP contribution in [0.3, 0.4) is 0 Å². The molecule has 0 spiro atoms. The number of nitrogens with one attached hydrogen (secondary N) is 1. The third-order valence-corrected chi connectivity index (χ3v) is 2.34. The molecule has 1 aromatic heterocycles. The molecule has 0 saturated heterocycles. The summed E-state index contributed by atoms with van der Waals surface area (Å²) < 4.78 is 25.4. The SMILES string of the molecule is CC(C)N=c1nc(SC(F)F)nc(NC(C)C)n1O. The van der Waals surface area contributed by atoms with Gasteiger partial charge in [0.15, 0.2) is 5.16 Å². The van der Waals surface area contributed by atoms with Crippen LogP contribution in [-0.2, 0) is 0 Å². The van der Waals surface area contributed by atoms with Crippen molar-refractivity contribution in [2.75, 3.05) is 5.32 Å². The van der Waals surface area contributed by atoms with E-state index in [4.69, 9.17) is 0 Å². The van der Waals surface area contributed by atoms with E-state index in [2.05, 4.69) is 20.3 Å². The Hall–Kier alpha value is -1.38. The minimum absolute atomic E-state index is 0.0235. The quantitative estimate of drug-likeness (QED) is 0.641. The van der Waals surface area contributed by atoms with E-state index in [1.165, 1.54) is 0 Å². The number of alkyl halides is 2. The van der Waals surface area contributed by atoms with Crippen LogP contribution in [-0.4, -0.2) is 37.7 Å². The van der Waals surface area contributed by atoms with E-state index in [1.807, 2.05) is 13.8 Å². The molecule has 0 atom stereocenters. The lowest BCUT2D eigenvalue weighted by Crippen LogP contribution is -2.30. The number of hydrogen-bond acceptors (Lipinski definition) is 6. The van der Waals surface area contributed by atoms with Gasteiger partial charge in [0, 0.05) is 12.1 Å². The van der Waals surface area contributed by atoms with E-state index in [1.54, 1.807) is 13.8 Å². The summed E-state index contributed by atoms with van der Waals surface area (Å²) in [6.07, 6.45) is 0. The van der Waals surface area contributed by atoms with E-state index in [9.17, 15) is 14.0 Å². The molecule has 1 rings (SSSR count). The van der Waals surface area contributed by atoms with Crippen molar-refractivity contribution in [1.29, 1.82) is 0 Å². The van der Waals surface area contributed by atoms with E-state index in [-0.39, 0.29) is 40.6 Å². The zero-order valence-electron chi connectivity index (χ0n) is 11.1. The maximum absolute atomic E-state index is 12.4. The largest absolute Gasteiger partial charge is 0.422 e. The first-order valence-corrected chi connectivity index (χ1v) is 6.63. The fourth-order valence-electron chi connectivity index (χ4n) is 1.19. The highest BCUT2D eigenvalue weighted by Gasteiger charge is 2.14. The summed E-state index contributed by atoms with van der Waals surface area (Å²) in [5.74, 6) is -2.60. The molecule has 2 N–H and O–H groups in total. The Balaban J connectivity index is 3.29. The van der Waals surface area contributed by atoms with Gasteiger partial charge in [0.05, 0.1) is 0 Å². The Morgan fingerprint density at radius 2 is 1.89 bits per heavy atom. The first kappa shape index (κ1) is 15.7. The first-order valence-electron chi connectivity index (χ1n) is 5.75. The Labute approximate surface area is 114 Å². The molecule has 19 heavy (non-hydrogen) atoms. The maximum atomic E-state index is 12.4. The highest BCUT2D eigenvalue weighted by atomic mass is 32.2. The van der Waals surface area contributed by atoms with Gasteiger partial charge >= 0.3 is 0 Å². The summed E-state index contributed by atoms with van der Waals surface area (Å²) >= 11 is 0.210. The highest BCUT2D eigenvalue weighted by Crippen LogP contribution is 2.21. The summed E-state index contributed by atoms with van der Waals surface area (Å²) in [5, 5.41) is 12.6. The van der Waals surface area contributed by atoms with Gasteiger partial charge in [-0.25, -0.2) is 4.99 Å².